The van der Waals surface area contributed by atoms with Crippen molar-refractivity contribution in [1.82, 2.24) is 24.7 Å². The predicted octanol–water partition coefficient (Wildman–Crippen LogP) is 1.17. The van der Waals surface area contributed by atoms with Gasteiger partial charge in [-0.3, -0.25) is 0 Å². The van der Waals surface area contributed by atoms with Crippen LogP contribution in [-0.2, 0) is 16.6 Å². The van der Waals surface area contributed by atoms with Crippen molar-refractivity contribution in [3.63, 3.8) is 0 Å². The fraction of sp³-hybridized carbons (Fsp3) is 0.882. The van der Waals surface area contributed by atoms with Gasteiger partial charge in [-0.15, -0.1) is 0 Å². The molecule has 1 N–H and O–H groups in total. The Kier molecular flexibility index (Phi) is 6.32. The lowest BCUT2D eigenvalue weighted by atomic mass is 9.98. The molecule has 1 aromatic rings. The molecule has 0 radical (unpaired) electrons. The van der Waals surface area contributed by atoms with Crippen LogP contribution in [0, 0.1) is 0 Å². The van der Waals surface area contributed by atoms with Gasteiger partial charge in [-0.05, 0) is 52.6 Å². The average Bonchev–Trinajstić information content (AvgIpc) is 3.09. The van der Waals surface area contributed by atoms with Crippen LogP contribution in [0.15, 0.2) is 4.52 Å². The molecule has 0 unspecified atom stereocenters. The first-order valence-electron chi connectivity index (χ1n) is 9.58. The third-order valence-electron chi connectivity index (χ3n) is 5.57. The Balaban J connectivity index is 1.44. The summed E-state index contributed by atoms with van der Waals surface area (Å²) in [5.41, 5.74) is 0. The smallest absolute Gasteiger partial charge is 0.240 e. The SMILES string of the molecule is CC(C)N1CCC(NCc2nc(C3CCN(S(C)(=O)=O)CC3)no2)CC1. The maximum absolute atomic E-state index is 11.6. The van der Waals surface area contributed by atoms with Gasteiger partial charge in [-0.1, -0.05) is 5.16 Å². The highest BCUT2D eigenvalue weighted by atomic mass is 32.2. The topological polar surface area (TPSA) is 91.6 Å². The quantitative estimate of drug-likeness (QED) is 0.786. The number of nitrogens with zero attached hydrogens (tertiary/aromatic N) is 4. The second kappa shape index (κ2) is 8.33. The van der Waals surface area contributed by atoms with Crippen molar-refractivity contribution in [2.24, 2.45) is 0 Å². The van der Waals surface area contributed by atoms with E-state index >= 15 is 0 Å². The van der Waals surface area contributed by atoms with Crippen molar-refractivity contribution in [2.75, 3.05) is 32.4 Å². The Morgan fingerprint density at radius 1 is 1.15 bits per heavy atom. The Labute approximate surface area is 156 Å². The van der Waals surface area contributed by atoms with Crippen molar-refractivity contribution in [3.05, 3.63) is 11.7 Å². The number of aromatic nitrogens is 2. The maximum atomic E-state index is 11.6. The van der Waals surface area contributed by atoms with Crippen LogP contribution >= 0.6 is 0 Å². The standard InChI is InChI=1S/C17H31N5O3S/c1-13(2)21-8-6-15(7-9-21)18-12-16-19-17(20-25-16)14-4-10-22(11-5-14)26(3,23)24/h13-15,18H,4-12H2,1-3H3. The Morgan fingerprint density at radius 2 is 1.81 bits per heavy atom. The number of piperidine rings is 2. The van der Waals surface area contributed by atoms with E-state index in [1.807, 2.05) is 0 Å². The van der Waals surface area contributed by atoms with Gasteiger partial charge in [0, 0.05) is 31.1 Å². The lowest BCUT2D eigenvalue weighted by molar-refractivity contribution is 0.159. The van der Waals surface area contributed by atoms with Crippen LogP contribution in [-0.4, -0.2) is 72.3 Å². The first-order chi connectivity index (χ1) is 12.3. The molecule has 3 rings (SSSR count). The molecule has 2 aliphatic heterocycles. The maximum Gasteiger partial charge on any atom is 0.240 e. The zero-order chi connectivity index (χ0) is 18.7. The van der Waals surface area contributed by atoms with Crippen LogP contribution in [0.3, 0.4) is 0 Å². The van der Waals surface area contributed by atoms with Crippen LogP contribution in [0.2, 0.25) is 0 Å². The van der Waals surface area contributed by atoms with E-state index in [4.69, 9.17) is 4.52 Å². The minimum atomic E-state index is -3.10. The van der Waals surface area contributed by atoms with E-state index in [0.717, 1.165) is 38.8 Å². The molecular formula is C17H31N5O3S. The second-order valence-corrected chi connectivity index (χ2v) is 9.75. The van der Waals surface area contributed by atoms with Gasteiger partial charge in [-0.25, -0.2) is 12.7 Å². The van der Waals surface area contributed by atoms with E-state index in [1.165, 1.54) is 10.6 Å². The summed E-state index contributed by atoms with van der Waals surface area (Å²) in [7, 11) is -3.10. The van der Waals surface area contributed by atoms with Gasteiger partial charge in [0.2, 0.25) is 15.9 Å². The molecule has 0 saturated carbocycles. The molecule has 0 atom stereocenters. The molecule has 2 saturated heterocycles. The molecule has 26 heavy (non-hydrogen) atoms. The Hall–Kier alpha value is -1.03. The molecule has 148 valence electrons. The van der Waals surface area contributed by atoms with Gasteiger partial charge < -0.3 is 14.7 Å². The van der Waals surface area contributed by atoms with Crippen molar-refractivity contribution >= 4 is 10.0 Å². The van der Waals surface area contributed by atoms with Gasteiger partial charge in [0.05, 0.1) is 12.8 Å². The van der Waals surface area contributed by atoms with Gasteiger partial charge in [0.15, 0.2) is 5.82 Å². The lowest BCUT2D eigenvalue weighted by Gasteiger charge is -2.34. The summed E-state index contributed by atoms with van der Waals surface area (Å²) in [6.07, 6.45) is 5.03. The van der Waals surface area contributed by atoms with Gasteiger partial charge >= 0.3 is 0 Å². The fourth-order valence-electron chi connectivity index (χ4n) is 3.80. The third kappa shape index (κ3) is 5.03. The summed E-state index contributed by atoms with van der Waals surface area (Å²) in [5, 5.41) is 7.65. The van der Waals surface area contributed by atoms with Crippen molar-refractivity contribution in [1.29, 1.82) is 0 Å². The number of nitrogens with one attached hydrogen (secondary N) is 1. The predicted molar refractivity (Wildman–Crippen MR) is 99.3 cm³/mol. The normalized spacial score (nSPS) is 22.3. The highest BCUT2D eigenvalue weighted by Crippen LogP contribution is 2.27. The summed E-state index contributed by atoms with van der Waals surface area (Å²) in [6, 6.07) is 1.11. The molecule has 3 heterocycles. The molecule has 1 aromatic heterocycles. The molecule has 0 amide bonds. The van der Waals surface area contributed by atoms with Crippen LogP contribution in [0.5, 0.6) is 0 Å². The highest BCUT2D eigenvalue weighted by Gasteiger charge is 2.28. The van der Waals surface area contributed by atoms with E-state index in [1.54, 1.807) is 0 Å². The zero-order valence-electron chi connectivity index (χ0n) is 16.0. The minimum absolute atomic E-state index is 0.180. The summed E-state index contributed by atoms with van der Waals surface area (Å²) in [6.45, 7) is 8.40. The van der Waals surface area contributed by atoms with Crippen molar-refractivity contribution in [2.45, 2.75) is 64.1 Å². The molecule has 0 spiro atoms. The first-order valence-corrected chi connectivity index (χ1v) is 11.4. The van der Waals surface area contributed by atoms with Crippen LogP contribution in [0.1, 0.15) is 57.2 Å². The number of sulfonamides is 1. The monoisotopic (exact) mass is 385 g/mol. The largest absolute Gasteiger partial charge is 0.338 e. The second-order valence-electron chi connectivity index (χ2n) is 7.77. The van der Waals surface area contributed by atoms with Gasteiger partial charge in [0.1, 0.15) is 0 Å². The number of hydrogen-bond donors (Lipinski definition) is 1. The minimum Gasteiger partial charge on any atom is -0.338 e. The van der Waals surface area contributed by atoms with E-state index in [0.29, 0.717) is 43.4 Å². The van der Waals surface area contributed by atoms with E-state index < -0.39 is 10.0 Å². The highest BCUT2D eigenvalue weighted by molar-refractivity contribution is 7.88. The zero-order valence-corrected chi connectivity index (χ0v) is 16.8. The number of rotatable bonds is 6. The molecule has 0 bridgehead atoms. The average molecular weight is 386 g/mol. The van der Waals surface area contributed by atoms with Crippen LogP contribution < -0.4 is 5.32 Å². The molecule has 2 aliphatic rings. The summed E-state index contributed by atoms with van der Waals surface area (Å²) >= 11 is 0. The third-order valence-corrected chi connectivity index (χ3v) is 6.88. The van der Waals surface area contributed by atoms with Crippen LogP contribution in [0.4, 0.5) is 0 Å². The Bertz CT molecular complexity index is 674. The molecule has 0 aromatic carbocycles. The molecule has 0 aliphatic carbocycles. The van der Waals surface area contributed by atoms with Crippen molar-refractivity contribution in [3.8, 4) is 0 Å². The van der Waals surface area contributed by atoms with Crippen LogP contribution in [0.25, 0.3) is 0 Å². The van der Waals surface area contributed by atoms with Gasteiger partial charge in [-0.2, -0.15) is 4.98 Å². The summed E-state index contributed by atoms with van der Waals surface area (Å²) < 4.78 is 30.1. The van der Waals surface area contributed by atoms with E-state index in [2.05, 4.69) is 34.2 Å². The summed E-state index contributed by atoms with van der Waals surface area (Å²) in [5.74, 6) is 1.51. The molecule has 8 nitrogen and oxygen atoms in total. The fourth-order valence-corrected chi connectivity index (χ4v) is 4.68. The number of hydrogen-bond acceptors (Lipinski definition) is 7. The van der Waals surface area contributed by atoms with E-state index in [9.17, 15) is 8.42 Å². The Morgan fingerprint density at radius 3 is 2.38 bits per heavy atom. The van der Waals surface area contributed by atoms with Gasteiger partial charge in [0.25, 0.3) is 0 Å². The van der Waals surface area contributed by atoms with Crippen molar-refractivity contribution < 1.29 is 12.9 Å². The first kappa shape index (κ1) is 19.7. The lowest BCUT2D eigenvalue weighted by Crippen LogP contribution is -2.44. The molecule has 9 heteroatoms. The van der Waals surface area contributed by atoms with E-state index in [-0.39, 0.29) is 5.92 Å². The molecular weight excluding hydrogens is 354 g/mol. The number of likely N-dealkylation sites (tertiary alicyclic amines) is 1. The summed E-state index contributed by atoms with van der Waals surface area (Å²) in [4.78, 5) is 7.04. The molecule has 2 fully saturated rings.